The molecule has 0 fully saturated rings. The Hall–Kier alpha value is -1.01. The van der Waals surface area contributed by atoms with Crippen LogP contribution in [0.2, 0.25) is 0 Å². The van der Waals surface area contributed by atoms with Crippen molar-refractivity contribution in [3.63, 3.8) is 0 Å². The van der Waals surface area contributed by atoms with Crippen LogP contribution in [0.5, 0.6) is 5.75 Å². The monoisotopic (exact) mass is 391 g/mol. The Morgan fingerprint density at radius 2 is 2.11 bits per heavy atom. The van der Waals surface area contributed by atoms with E-state index < -0.39 is 0 Å². The highest BCUT2D eigenvalue weighted by atomic mass is 79.9. The number of rotatable bonds is 5. The molecule has 0 atom stereocenters. The second-order valence-corrected chi connectivity index (χ2v) is 5.34. The first-order chi connectivity index (χ1) is 9.10. The summed E-state index contributed by atoms with van der Waals surface area (Å²) in [6.07, 6.45) is 0. The molecule has 0 spiro atoms. The minimum atomic E-state index is -0.381. The standard InChI is InChI=1S/C13H12Br2FNO2/c1-2-18-12-4-3-8(5-11(12)16)17-7-9-6-10(14)13(15)19-9/h3-6,17H,2,7H2,1H3. The van der Waals surface area contributed by atoms with Crippen LogP contribution in [0.4, 0.5) is 10.1 Å². The molecule has 0 saturated heterocycles. The molecule has 1 aromatic heterocycles. The molecule has 0 saturated carbocycles. The number of hydrogen-bond donors (Lipinski definition) is 1. The summed E-state index contributed by atoms with van der Waals surface area (Å²) >= 11 is 6.60. The van der Waals surface area contributed by atoms with Gasteiger partial charge in [-0.3, -0.25) is 0 Å². The molecule has 0 unspecified atom stereocenters. The maximum absolute atomic E-state index is 13.6. The fraction of sp³-hybridized carbons (Fsp3) is 0.231. The summed E-state index contributed by atoms with van der Waals surface area (Å²) in [6, 6.07) is 6.62. The lowest BCUT2D eigenvalue weighted by Gasteiger charge is -2.08. The van der Waals surface area contributed by atoms with E-state index in [1.807, 2.05) is 13.0 Å². The van der Waals surface area contributed by atoms with Crippen molar-refractivity contribution in [3.8, 4) is 5.75 Å². The zero-order valence-electron chi connectivity index (χ0n) is 10.2. The Kier molecular flexibility index (Phi) is 4.87. The van der Waals surface area contributed by atoms with Gasteiger partial charge in [0.1, 0.15) is 5.76 Å². The van der Waals surface area contributed by atoms with Gasteiger partial charge in [0.25, 0.3) is 0 Å². The molecule has 1 heterocycles. The van der Waals surface area contributed by atoms with Crippen LogP contribution in [0.25, 0.3) is 0 Å². The Bertz CT molecular complexity index is 552. The summed E-state index contributed by atoms with van der Waals surface area (Å²) in [5, 5.41) is 3.08. The fourth-order valence-electron chi connectivity index (χ4n) is 1.55. The first-order valence-corrected chi connectivity index (χ1v) is 7.28. The molecular formula is C13H12Br2FNO2. The minimum Gasteiger partial charge on any atom is -0.491 e. The molecule has 0 bridgehead atoms. The zero-order chi connectivity index (χ0) is 13.8. The summed E-state index contributed by atoms with van der Waals surface area (Å²) in [5.74, 6) is 0.623. The molecule has 0 aliphatic rings. The molecule has 2 aromatic rings. The van der Waals surface area contributed by atoms with Gasteiger partial charge in [-0.25, -0.2) is 4.39 Å². The molecule has 0 aliphatic carbocycles. The molecule has 1 N–H and O–H groups in total. The van der Waals surface area contributed by atoms with Crippen molar-refractivity contribution >= 4 is 37.5 Å². The van der Waals surface area contributed by atoms with Crippen LogP contribution in [0.1, 0.15) is 12.7 Å². The number of furan rings is 1. The molecule has 2 rings (SSSR count). The van der Waals surface area contributed by atoms with E-state index in [0.29, 0.717) is 23.5 Å². The van der Waals surface area contributed by atoms with Crippen molar-refractivity contribution < 1.29 is 13.5 Å². The third-order valence-electron chi connectivity index (χ3n) is 2.39. The Balaban J connectivity index is 2.01. The lowest BCUT2D eigenvalue weighted by atomic mass is 10.3. The number of halogens is 3. The highest BCUT2D eigenvalue weighted by Crippen LogP contribution is 2.27. The second-order valence-electron chi connectivity index (χ2n) is 3.77. The van der Waals surface area contributed by atoms with Crippen LogP contribution >= 0.6 is 31.9 Å². The predicted molar refractivity (Wildman–Crippen MR) is 79.0 cm³/mol. The van der Waals surface area contributed by atoms with Gasteiger partial charge in [-0.15, -0.1) is 0 Å². The second kappa shape index (κ2) is 6.43. The SMILES string of the molecule is CCOc1ccc(NCc2cc(Br)c(Br)o2)cc1F. The van der Waals surface area contributed by atoms with E-state index in [0.717, 1.165) is 10.2 Å². The highest BCUT2D eigenvalue weighted by Gasteiger charge is 2.07. The summed E-state index contributed by atoms with van der Waals surface area (Å²) in [7, 11) is 0. The van der Waals surface area contributed by atoms with Gasteiger partial charge in [0.05, 0.1) is 17.6 Å². The van der Waals surface area contributed by atoms with Gasteiger partial charge in [0.2, 0.25) is 0 Å². The lowest BCUT2D eigenvalue weighted by molar-refractivity contribution is 0.321. The van der Waals surface area contributed by atoms with Crippen LogP contribution in [0.15, 0.2) is 37.8 Å². The summed E-state index contributed by atoms with van der Waals surface area (Å²) < 4.78 is 25.7. The summed E-state index contributed by atoms with van der Waals surface area (Å²) in [4.78, 5) is 0. The summed E-state index contributed by atoms with van der Waals surface area (Å²) in [6.45, 7) is 2.73. The average molecular weight is 393 g/mol. The van der Waals surface area contributed by atoms with Crippen LogP contribution < -0.4 is 10.1 Å². The van der Waals surface area contributed by atoms with Crippen molar-refractivity contribution in [1.82, 2.24) is 0 Å². The van der Waals surface area contributed by atoms with Gasteiger partial charge in [-0.1, -0.05) is 0 Å². The van der Waals surface area contributed by atoms with Crippen molar-refractivity contribution in [3.05, 3.63) is 45.0 Å². The zero-order valence-corrected chi connectivity index (χ0v) is 13.3. The van der Waals surface area contributed by atoms with E-state index >= 15 is 0 Å². The third kappa shape index (κ3) is 3.73. The molecule has 0 amide bonds. The number of hydrogen-bond acceptors (Lipinski definition) is 3. The van der Waals surface area contributed by atoms with Crippen molar-refractivity contribution in [2.24, 2.45) is 0 Å². The normalized spacial score (nSPS) is 10.5. The molecule has 102 valence electrons. The van der Waals surface area contributed by atoms with Gasteiger partial charge < -0.3 is 14.5 Å². The van der Waals surface area contributed by atoms with Gasteiger partial charge >= 0.3 is 0 Å². The van der Waals surface area contributed by atoms with Gasteiger partial charge in [-0.2, -0.15) is 0 Å². The van der Waals surface area contributed by atoms with E-state index in [2.05, 4.69) is 37.2 Å². The first-order valence-electron chi connectivity index (χ1n) is 5.70. The Labute approximate surface area is 127 Å². The lowest BCUT2D eigenvalue weighted by Crippen LogP contribution is -2.00. The van der Waals surface area contributed by atoms with Crippen molar-refractivity contribution in [1.29, 1.82) is 0 Å². The average Bonchev–Trinajstić information content (AvgIpc) is 2.70. The maximum atomic E-state index is 13.6. The Morgan fingerprint density at radius 1 is 1.32 bits per heavy atom. The van der Waals surface area contributed by atoms with E-state index in [4.69, 9.17) is 9.15 Å². The first kappa shape index (κ1) is 14.4. The van der Waals surface area contributed by atoms with Crippen LogP contribution in [0.3, 0.4) is 0 Å². The van der Waals surface area contributed by atoms with Crippen LogP contribution in [-0.4, -0.2) is 6.61 Å². The number of nitrogens with one attached hydrogen (secondary N) is 1. The number of anilines is 1. The van der Waals surface area contributed by atoms with Gasteiger partial charge in [-0.05, 0) is 57.0 Å². The maximum Gasteiger partial charge on any atom is 0.183 e. The third-order valence-corrected chi connectivity index (χ3v) is 4.10. The largest absolute Gasteiger partial charge is 0.491 e. The molecule has 3 nitrogen and oxygen atoms in total. The van der Waals surface area contributed by atoms with E-state index in [9.17, 15) is 4.39 Å². The molecular weight excluding hydrogens is 381 g/mol. The quantitative estimate of drug-likeness (QED) is 0.781. The number of ether oxygens (including phenoxy) is 1. The van der Waals surface area contributed by atoms with Crippen LogP contribution in [-0.2, 0) is 6.54 Å². The predicted octanol–water partition coefficient (Wildman–Crippen LogP) is 4.95. The molecule has 0 radical (unpaired) electrons. The van der Waals surface area contributed by atoms with Gasteiger partial charge in [0, 0.05) is 11.8 Å². The van der Waals surface area contributed by atoms with E-state index in [-0.39, 0.29) is 11.6 Å². The van der Waals surface area contributed by atoms with E-state index in [1.54, 1.807) is 12.1 Å². The van der Waals surface area contributed by atoms with E-state index in [1.165, 1.54) is 6.07 Å². The highest BCUT2D eigenvalue weighted by molar-refractivity contribution is 9.13. The molecule has 0 aliphatic heterocycles. The molecule has 19 heavy (non-hydrogen) atoms. The van der Waals surface area contributed by atoms with Crippen molar-refractivity contribution in [2.45, 2.75) is 13.5 Å². The minimum absolute atomic E-state index is 0.261. The fourth-order valence-corrected chi connectivity index (χ4v) is 2.21. The molecule has 6 heteroatoms. The van der Waals surface area contributed by atoms with Crippen LogP contribution in [0, 0.1) is 5.82 Å². The number of benzene rings is 1. The van der Waals surface area contributed by atoms with Gasteiger partial charge in [0.15, 0.2) is 16.2 Å². The smallest absolute Gasteiger partial charge is 0.183 e. The topological polar surface area (TPSA) is 34.4 Å². The Morgan fingerprint density at radius 3 is 2.68 bits per heavy atom. The summed E-state index contributed by atoms with van der Waals surface area (Å²) in [5.41, 5.74) is 0.671. The van der Waals surface area contributed by atoms with Crippen molar-refractivity contribution in [2.75, 3.05) is 11.9 Å². The molecule has 1 aromatic carbocycles.